The molecule has 0 aliphatic rings. The molecule has 3 heteroatoms. The standard InChI is InChI=1S/C15H14BrNO/c1-2-17-8-11-9-18-15-13(11)7-10-5-3-4-6-12(10)14(15)16/h3-7,9,17H,2,8H2,1H3. The maximum Gasteiger partial charge on any atom is 0.149 e. The van der Waals surface area contributed by atoms with Crippen molar-refractivity contribution in [3.05, 3.63) is 46.6 Å². The molecule has 0 fully saturated rings. The van der Waals surface area contributed by atoms with Gasteiger partial charge < -0.3 is 9.73 Å². The fourth-order valence-corrected chi connectivity index (χ4v) is 2.90. The van der Waals surface area contributed by atoms with E-state index in [-0.39, 0.29) is 0 Å². The number of benzene rings is 2. The molecule has 3 aromatic rings. The number of fused-ring (bicyclic) bond motifs is 2. The molecule has 92 valence electrons. The largest absolute Gasteiger partial charge is 0.463 e. The molecule has 1 heterocycles. The van der Waals surface area contributed by atoms with Crippen LogP contribution in [0, 0.1) is 0 Å². The molecule has 1 aromatic heterocycles. The summed E-state index contributed by atoms with van der Waals surface area (Å²) in [5.74, 6) is 0. The van der Waals surface area contributed by atoms with Crippen LogP contribution in [-0.2, 0) is 6.54 Å². The molecule has 0 aliphatic carbocycles. The normalized spacial score (nSPS) is 11.4. The van der Waals surface area contributed by atoms with E-state index in [1.54, 1.807) is 0 Å². The van der Waals surface area contributed by atoms with Gasteiger partial charge in [0.15, 0.2) is 0 Å². The van der Waals surface area contributed by atoms with Gasteiger partial charge in [-0.25, -0.2) is 0 Å². The van der Waals surface area contributed by atoms with Crippen molar-refractivity contribution in [3.8, 4) is 0 Å². The Hall–Kier alpha value is -1.32. The van der Waals surface area contributed by atoms with Crippen molar-refractivity contribution in [2.45, 2.75) is 13.5 Å². The Balaban J connectivity index is 2.26. The maximum atomic E-state index is 5.70. The van der Waals surface area contributed by atoms with Crippen LogP contribution in [-0.4, -0.2) is 6.54 Å². The SMILES string of the molecule is CCNCc1coc2c(Br)c3ccccc3cc12. The highest BCUT2D eigenvalue weighted by Crippen LogP contribution is 2.35. The van der Waals surface area contributed by atoms with Crippen molar-refractivity contribution in [1.82, 2.24) is 5.32 Å². The lowest BCUT2D eigenvalue weighted by molar-refractivity contribution is 0.603. The molecule has 0 saturated carbocycles. The van der Waals surface area contributed by atoms with Crippen LogP contribution in [0.5, 0.6) is 0 Å². The van der Waals surface area contributed by atoms with Gasteiger partial charge in [-0.2, -0.15) is 0 Å². The number of halogens is 1. The quantitative estimate of drug-likeness (QED) is 0.773. The van der Waals surface area contributed by atoms with Gasteiger partial charge in [0.25, 0.3) is 0 Å². The Bertz CT molecular complexity index is 702. The fraction of sp³-hybridized carbons (Fsp3) is 0.200. The maximum absolute atomic E-state index is 5.70. The van der Waals surface area contributed by atoms with Gasteiger partial charge in [0.05, 0.1) is 10.7 Å². The lowest BCUT2D eigenvalue weighted by Gasteiger charge is -2.03. The van der Waals surface area contributed by atoms with Crippen molar-refractivity contribution in [3.63, 3.8) is 0 Å². The predicted molar refractivity (Wildman–Crippen MR) is 78.8 cm³/mol. The summed E-state index contributed by atoms with van der Waals surface area (Å²) in [6.45, 7) is 3.91. The Labute approximate surface area is 114 Å². The first-order chi connectivity index (χ1) is 8.81. The molecular formula is C15H14BrNO. The second-order valence-electron chi connectivity index (χ2n) is 4.33. The molecule has 2 aromatic carbocycles. The van der Waals surface area contributed by atoms with Crippen LogP contribution in [0.3, 0.4) is 0 Å². The highest BCUT2D eigenvalue weighted by Gasteiger charge is 2.11. The summed E-state index contributed by atoms with van der Waals surface area (Å²) in [4.78, 5) is 0. The van der Waals surface area contributed by atoms with E-state index < -0.39 is 0 Å². The van der Waals surface area contributed by atoms with Crippen molar-refractivity contribution in [2.24, 2.45) is 0 Å². The van der Waals surface area contributed by atoms with Gasteiger partial charge in [0.2, 0.25) is 0 Å². The van der Waals surface area contributed by atoms with E-state index in [0.717, 1.165) is 23.1 Å². The van der Waals surface area contributed by atoms with Crippen LogP contribution in [0.2, 0.25) is 0 Å². The number of nitrogens with one attached hydrogen (secondary N) is 1. The van der Waals surface area contributed by atoms with Gasteiger partial charge >= 0.3 is 0 Å². The zero-order chi connectivity index (χ0) is 12.5. The van der Waals surface area contributed by atoms with E-state index in [9.17, 15) is 0 Å². The van der Waals surface area contributed by atoms with Crippen LogP contribution in [0.4, 0.5) is 0 Å². The average Bonchev–Trinajstić information content (AvgIpc) is 2.80. The number of rotatable bonds is 3. The molecule has 0 bridgehead atoms. The third kappa shape index (κ3) is 1.84. The lowest BCUT2D eigenvalue weighted by Crippen LogP contribution is -2.11. The fourth-order valence-electron chi connectivity index (χ4n) is 2.23. The van der Waals surface area contributed by atoms with Gasteiger partial charge in [-0.05, 0) is 39.3 Å². The van der Waals surface area contributed by atoms with E-state index in [1.807, 2.05) is 12.3 Å². The molecule has 0 unspecified atom stereocenters. The summed E-state index contributed by atoms with van der Waals surface area (Å²) in [5.41, 5.74) is 2.14. The van der Waals surface area contributed by atoms with Crippen LogP contribution in [0.15, 0.2) is 45.5 Å². The van der Waals surface area contributed by atoms with E-state index in [1.165, 1.54) is 21.7 Å². The van der Waals surface area contributed by atoms with Crippen LogP contribution in [0.1, 0.15) is 12.5 Å². The molecular weight excluding hydrogens is 290 g/mol. The van der Waals surface area contributed by atoms with E-state index in [4.69, 9.17) is 4.42 Å². The Kier molecular flexibility index (Phi) is 3.10. The summed E-state index contributed by atoms with van der Waals surface area (Å²) in [5, 5.41) is 6.94. The number of furan rings is 1. The third-order valence-corrected chi connectivity index (χ3v) is 3.96. The number of hydrogen-bond donors (Lipinski definition) is 1. The molecule has 2 nitrogen and oxygen atoms in total. The first-order valence-electron chi connectivity index (χ1n) is 6.09. The Morgan fingerprint density at radius 1 is 1.22 bits per heavy atom. The van der Waals surface area contributed by atoms with Crippen LogP contribution in [0.25, 0.3) is 21.7 Å². The van der Waals surface area contributed by atoms with Gasteiger partial charge in [0.1, 0.15) is 5.58 Å². The molecule has 0 amide bonds. The summed E-state index contributed by atoms with van der Waals surface area (Å²) < 4.78 is 6.74. The molecule has 0 spiro atoms. The van der Waals surface area contributed by atoms with E-state index >= 15 is 0 Å². The first-order valence-corrected chi connectivity index (χ1v) is 6.88. The monoisotopic (exact) mass is 303 g/mol. The van der Waals surface area contributed by atoms with Crippen molar-refractivity contribution >= 4 is 37.7 Å². The zero-order valence-corrected chi connectivity index (χ0v) is 11.8. The molecule has 0 radical (unpaired) electrons. The second kappa shape index (κ2) is 4.75. The molecule has 3 rings (SSSR count). The summed E-state index contributed by atoms with van der Waals surface area (Å²) in [7, 11) is 0. The molecule has 0 aliphatic heterocycles. The molecule has 0 atom stereocenters. The molecule has 18 heavy (non-hydrogen) atoms. The van der Waals surface area contributed by atoms with E-state index in [0.29, 0.717) is 0 Å². The van der Waals surface area contributed by atoms with Gasteiger partial charge in [-0.3, -0.25) is 0 Å². The van der Waals surface area contributed by atoms with Crippen LogP contribution >= 0.6 is 15.9 Å². The van der Waals surface area contributed by atoms with Crippen LogP contribution < -0.4 is 5.32 Å². The van der Waals surface area contributed by atoms with Crippen molar-refractivity contribution in [2.75, 3.05) is 6.54 Å². The topological polar surface area (TPSA) is 25.2 Å². The minimum Gasteiger partial charge on any atom is -0.463 e. The lowest BCUT2D eigenvalue weighted by atomic mass is 10.1. The first kappa shape index (κ1) is 11.8. The second-order valence-corrected chi connectivity index (χ2v) is 5.12. The summed E-state index contributed by atoms with van der Waals surface area (Å²) in [6.07, 6.45) is 1.84. The smallest absolute Gasteiger partial charge is 0.149 e. The molecule has 0 saturated heterocycles. The van der Waals surface area contributed by atoms with Gasteiger partial charge in [-0.15, -0.1) is 0 Å². The molecule has 1 N–H and O–H groups in total. The highest BCUT2D eigenvalue weighted by atomic mass is 79.9. The van der Waals surface area contributed by atoms with Crippen molar-refractivity contribution < 1.29 is 4.42 Å². The van der Waals surface area contributed by atoms with Crippen molar-refractivity contribution in [1.29, 1.82) is 0 Å². The minimum atomic E-state index is 0.842. The Morgan fingerprint density at radius 3 is 2.89 bits per heavy atom. The van der Waals surface area contributed by atoms with Gasteiger partial charge in [-0.1, -0.05) is 31.2 Å². The zero-order valence-electron chi connectivity index (χ0n) is 10.2. The van der Waals surface area contributed by atoms with Gasteiger partial charge in [0, 0.05) is 17.5 Å². The average molecular weight is 304 g/mol. The third-order valence-electron chi connectivity index (χ3n) is 3.17. The summed E-state index contributed by atoms with van der Waals surface area (Å²) >= 11 is 3.65. The summed E-state index contributed by atoms with van der Waals surface area (Å²) in [6, 6.07) is 10.5. The highest BCUT2D eigenvalue weighted by molar-refractivity contribution is 9.10. The number of hydrogen-bond acceptors (Lipinski definition) is 2. The predicted octanol–water partition coefficient (Wildman–Crippen LogP) is 4.46. The Morgan fingerprint density at radius 2 is 2.06 bits per heavy atom. The van der Waals surface area contributed by atoms with E-state index in [2.05, 4.69) is 52.4 Å². The minimum absolute atomic E-state index is 0.842.